The van der Waals surface area contributed by atoms with E-state index in [9.17, 15) is 19.3 Å². The van der Waals surface area contributed by atoms with Gasteiger partial charge in [-0.3, -0.25) is 14.9 Å². The summed E-state index contributed by atoms with van der Waals surface area (Å²) in [6, 6.07) is 7.22. The highest BCUT2D eigenvalue weighted by Crippen LogP contribution is 2.27. The fraction of sp³-hybridized carbons (Fsp3) is 0. The van der Waals surface area contributed by atoms with Crippen molar-refractivity contribution in [2.75, 3.05) is 11.1 Å². The van der Waals surface area contributed by atoms with Gasteiger partial charge in [-0.15, -0.1) is 0 Å². The molecule has 0 saturated heterocycles. The predicted molar refractivity (Wildman–Crippen MR) is 76.9 cm³/mol. The number of amides is 1. The third-order valence-corrected chi connectivity index (χ3v) is 2.99. The number of benzene rings is 2. The van der Waals surface area contributed by atoms with Gasteiger partial charge >= 0.3 is 0 Å². The SMILES string of the molecule is Nc1ccc(C(=O)Nc2ccc([N+](=O)[O-])cc2Cl)cc1F. The zero-order valence-electron chi connectivity index (χ0n) is 10.5. The lowest BCUT2D eigenvalue weighted by molar-refractivity contribution is -0.384. The summed E-state index contributed by atoms with van der Waals surface area (Å²) in [5.74, 6) is -1.32. The summed E-state index contributed by atoms with van der Waals surface area (Å²) in [7, 11) is 0. The van der Waals surface area contributed by atoms with Gasteiger partial charge in [-0.2, -0.15) is 0 Å². The van der Waals surface area contributed by atoms with Crippen molar-refractivity contribution >= 4 is 34.6 Å². The Balaban J connectivity index is 2.23. The van der Waals surface area contributed by atoms with Crippen LogP contribution in [0.2, 0.25) is 5.02 Å². The van der Waals surface area contributed by atoms with E-state index in [2.05, 4.69) is 5.32 Å². The number of halogens is 2. The first-order chi connectivity index (χ1) is 9.88. The Morgan fingerprint density at radius 1 is 1.29 bits per heavy atom. The van der Waals surface area contributed by atoms with Gasteiger partial charge in [0.2, 0.25) is 0 Å². The second kappa shape index (κ2) is 5.76. The molecule has 2 aromatic carbocycles. The summed E-state index contributed by atoms with van der Waals surface area (Å²) < 4.78 is 13.3. The third-order valence-electron chi connectivity index (χ3n) is 2.67. The molecule has 0 radical (unpaired) electrons. The largest absolute Gasteiger partial charge is 0.396 e. The van der Waals surface area contributed by atoms with Crippen LogP contribution in [0.15, 0.2) is 36.4 Å². The zero-order chi connectivity index (χ0) is 15.6. The van der Waals surface area contributed by atoms with Crippen LogP contribution in [-0.4, -0.2) is 10.8 Å². The number of nitrogen functional groups attached to an aromatic ring is 1. The Labute approximate surface area is 123 Å². The molecule has 0 atom stereocenters. The molecular formula is C13H9ClFN3O3. The molecule has 2 rings (SSSR count). The van der Waals surface area contributed by atoms with Crippen LogP contribution < -0.4 is 11.1 Å². The van der Waals surface area contributed by atoms with E-state index in [1.807, 2.05) is 0 Å². The van der Waals surface area contributed by atoms with Crippen LogP contribution in [0.5, 0.6) is 0 Å². The number of nitro benzene ring substituents is 1. The molecule has 2 aromatic rings. The van der Waals surface area contributed by atoms with Crippen molar-refractivity contribution in [1.29, 1.82) is 0 Å². The van der Waals surface area contributed by atoms with Crippen molar-refractivity contribution in [3.63, 3.8) is 0 Å². The molecule has 0 aromatic heterocycles. The molecule has 0 saturated carbocycles. The van der Waals surface area contributed by atoms with E-state index in [1.54, 1.807) is 0 Å². The number of hydrogen-bond acceptors (Lipinski definition) is 4. The van der Waals surface area contributed by atoms with Crippen LogP contribution in [0, 0.1) is 15.9 Å². The van der Waals surface area contributed by atoms with Crippen molar-refractivity contribution < 1.29 is 14.1 Å². The number of carbonyl (C=O) groups excluding carboxylic acids is 1. The topological polar surface area (TPSA) is 98.3 Å². The van der Waals surface area contributed by atoms with E-state index in [0.717, 1.165) is 12.1 Å². The number of carbonyl (C=O) groups is 1. The second-order valence-electron chi connectivity index (χ2n) is 4.11. The average Bonchev–Trinajstić information content (AvgIpc) is 2.43. The van der Waals surface area contributed by atoms with Gasteiger partial charge in [0, 0.05) is 17.7 Å². The van der Waals surface area contributed by atoms with Gasteiger partial charge < -0.3 is 11.1 Å². The molecule has 0 spiro atoms. The van der Waals surface area contributed by atoms with Crippen LogP contribution >= 0.6 is 11.6 Å². The standard InChI is InChI=1S/C13H9ClFN3O3/c14-9-6-8(18(20)21)2-4-12(9)17-13(19)7-1-3-11(16)10(15)5-7/h1-6H,16H2,(H,17,19). The highest BCUT2D eigenvalue weighted by molar-refractivity contribution is 6.34. The van der Waals surface area contributed by atoms with E-state index in [-0.39, 0.29) is 27.6 Å². The molecule has 1 amide bonds. The lowest BCUT2D eigenvalue weighted by Gasteiger charge is -2.07. The fourth-order valence-electron chi connectivity index (χ4n) is 1.58. The average molecular weight is 310 g/mol. The smallest absolute Gasteiger partial charge is 0.271 e. The number of anilines is 2. The Kier molecular flexibility index (Phi) is 4.04. The molecule has 21 heavy (non-hydrogen) atoms. The summed E-state index contributed by atoms with van der Waals surface area (Å²) in [5, 5.41) is 13.0. The normalized spacial score (nSPS) is 10.2. The molecule has 0 aliphatic rings. The molecule has 8 heteroatoms. The summed E-state index contributed by atoms with van der Waals surface area (Å²) in [4.78, 5) is 21.9. The fourth-order valence-corrected chi connectivity index (χ4v) is 1.80. The predicted octanol–water partition coefficient (Wildman–Crippen LogP) is 3.22. The highest BCUT2D eigenvalue weighted by atomic mass is 35.5. The number of nitrogens with two attached hydrogens (primary N) is 1. The van der Waals surface area contributed by atoms with E-state index in [1.165, 1.54) is 24.3 Å². The minimum Gasteiger partial charge on any atom is -0.396 e. The van der Waals surface area contributed by atoms with E-state index in [0.29, 0.717) is 0 Å². The number of hydrogen-bond donors (Lipinski definition) is 2. The van der Waals surface area contributed by atoms with Crippen molar-refractivity contribution in [3.8, 4) is 0 Å². The van der Waals surface area contributed by atoms with Crippen LogP contribution in [0.1, 0.15) is 10.4 Å². The number of nitrogens with one attached hydrogen (secondary N) is 1. The number of nitro groups is 1. The lowest BCUT2D eigenvalue weighted by Crippen LogP contribution is -2.12. The Morgan fingerprint density at radius 2 is 2.00 bits per heavy atom. The third kappa shape index (κ3) is 3.26. The molecule has 108 valence electrons. The summed E-state index contributed by atoms with van der Waals surface area (Å²) in [6.45, 7) is 0. The maximum atomic E-state index is 13.3. The molecule has 0 unspecified atom stereocenters. The Hall–Kier alpha value is -2.67. The molecule has 0 heterocycles. The number of nitrogens with zero attached hydrogens (tertiary/aromatic N) is 1. The van der Waals surface area contributed by atoms with Crippen molar-refractivity contribution in [1.82, 2.24) is 0 Å². The first-order valence-corrected chi connectivity index (χ1v) is 6.06. The van der Waals surface area contributed by atoms with Crippen molar-refractivity contribution in [2.45, 2.75) is 0 Å². The second-order valence-corrected chi connectivity index (χ2v) is 4.52. The van der Waals surface area contributed by atoms with Gasteiger partial charge in [0.15, 0.2) is 0 Å². The van der Waals surface area contributed by atoms with Crippen LogP contribution in [0.25, 0.3) is 0 Å². The van der Waals surface area contributed by atoms with Crippen LogP contribution in [-0.2, 0) is 0 Å². The molecule has 0 aliphatic carbocycles. The van der Waals surface area contributed by atoms with Gasteiger partial charge in [0.05, 0.1) is 21.3 Å². The summed E-state index contributed by atoms with van der Waals surface area (Å²) in [6.07, 6.45) is 0. The quantitative estimate of drug-likeness (QED) is 0.516. The summed E-state index contributed by atoms with van der Waals surface area (Å²) in [5.41, 5.74) is 5.29. The minimum atomic E-state index is -0.711. The van der Waals surface area contributed by atoms with Crippen LogP contribution in [0.4, 0.5) is 21.5 Å². The molecule has 3 N–H and O–H groups in total. The first kappa shape index (κ1) is 14.7. The van der Waals surface area contributed by atoms with Gasteiger partial charge in [0.1, 0.15) is 5.82 Å². The van der Waals surface area contributed by atoms with Gasteiger partial charge in [-0.1, -0.05) is 11.6 Å². The van der Waals surface area contributed by atoms with Gasteiger partial charge in [0.25, 0.3) is 11.6 Å². The highest BCUT2D eigenvalue weighted by Gasteiger charge is 2.13. The Bertz CT molecular complexity index is 737. The molecule has 6 nitrogen and oxygen atoms in total. The minimum absolute atomic E-state index is 0.00784. The molecular weight excluding hydrogens is 301 g/mol. The first-order valence-electron chi connectivity index (χ1n) is 5.69. The van der Waals surface area contributed by atoms with E-state index < -0.39 is 16.6 Å². The van der Waals surface area contributed by atoms with Gasteiger partial charge in [-0.25, -0.2) is 4.39 Å². The van der Waals surface area contributed by atoms with E-state index in [4.69, 9.17) is 17.3 Å². The summed E-state index contributed by atoms with van der Waals surface area (Å²) >= 11 is 5.85. The maximum absolute atomic E-state index is 13.3. The number of non-ortho nitro benzene ring substituents is 1. The van der Waals surface area contributed by atoms with Crippen molar-refractivity contribution in [2.24, 2.45) is 0 Å². The van der Waals surface area contributed by atoms with Gasteiger partial charge in [-0.05, 0) is 24.3 Å². The molecule has 0 bridgehead atoms. The maximum Gasteiger partial charge on any atom is 0.271 e. The molecule has 0 fully saturated rings. The zero-order valence-corrected chi connectivity index (χ0v) is 11.2. The van der Waals surface area contributed by atoms with Crippen molar-refractivity contribution in [3.05, 3.63) is 62.9 Å². The Morgan fingerprint density at radius 3 is 2.57 bits per heavy atom. The monoisotopic (exact) mass is 309 g/mol. The van der Waals surface area contributed by atoms with Crippen LogP contribution in [0.3, 0.4) is 0 Å². The molecule has 0 aliphatic heterocycles. The number of rotatable bonds is 3. The lowest BCUT2D eigenvalue weighted by atomic mass is 10.2. The van der Waals surface area contributed by atoms with E-state index >= 15 is 0 Å².